The molecule has 2 N–H and O–H groups in total. The Morgan fingerprint density at radius 2 is 1.90 bits per heavy atom. The monoisotopic (exact) mass is 391 g/mol. The van der Waals surface area contributed by atoms with Crippen LogP contribution in [0.25, 0.3) is 11.0 Å². The van der Waals surface area contributed by atoms with Crippen molar-refractivity contribution in [2.75, 3.05) is 35.3 Å². The number of fused-ring (bicyclic) bond motifs is 1. The van der Waals surface area contributed by atoms with E-state index in [1.807, 2.05) is 31.3 Å². The van der Waals surface area contributed by atoms with Crippen LogP contribution in [0.5, 0.6) is 0 Å². The lowest BCUT2D eigenvalue weighted by molar-refractivity contribution is -0.120. The van der Waals surface area contributed by atoms with Gasteiger partial charge in [0.15, 0.2) is 0 Å². The maximum atomic E-state index is 12.8. The van der Waals surface area contributed by atoms with Crippen LogP contribution >= 0.6 is 0 Å². The zero-order valence-corrected chi connectivity index (χ0v) is 17.4. The van der Waals surface area contributed by atoms with Crippen molar-refractivity contribution in [3.05, 3.63) is 48.5 Å². The number of carbonyl (C=O) groups is 1. The molecule has 2 heterocycles. The molecular formula is C23H29N5O. The van der Waals surface area contributed by atoms with E-state index in [1.165, 1.54) is 5.69 Å². The second-order valence-corrected chi connectivity index (χ2v) is 8.08. The molecule has 1 aliphatic heterocycles. The molecule has 0 spiro atoms. The number of para-hydroxylation sites is 1. The minimum atomic E-state index is 0.0510. The Labute approximate surface area is 171 Å². The minimum absolute atomic E-state index is 0.0510. The van der Waals surface area contributed by atoms with Crippen molar-refractivity contribution in [2.45, 2.75) is 32.7 Å². The molecule has 4 rings (SSSR count). The highest BCUT2D eigenvalue weighted by Crippen LogP contribution is 2.25. The van der Waals surface area contributed by atoms with Gasteiger partial charge < -0.3 is 20.1 Å². The largest absolute Gasteiger partial charge is 0.371 e. The van der Waals surface area contributed by atoms with Crippen molar-refractivity contribution in [1.29, 1.82) is 0 Å². The summed E-state index contributed by atoms with van der Waals surface area (Å²) in [6.45, 7) is 6.07. The van der Waals surface area contributed by atoms with E-state index >= 15 is 0 Å². The molecule has 152 valence electrons. The Morgan fingerprint density at radius 3 is 2.59 bits per heavy atom. The highest BCUT2D eigenvalue weighted by atomic mass is 16.1. The fourth-order valence-electron chi connectivity index (χ4n) is 3.77. The van der Waals surface area contributed by atoms with Gasteiger partial charge in [-0.25, -0.2) is 4.98 Å². The summed E-state index contributed by atoms with van der Waals surface area (Å²) >= 11 is 0. The molecule has 1 saturated heterocycles. The lowest BCUT2D eigenvalue weighted by Crippen LogP contribution is -2.38. The first-order valence-electron chi connectivity index (χ1n) is 10.3. The molecule has 1 aromatic heterocycles. The standard InChI is InChI=1S/C23H29N5O/c1-16(2)27(3)23-25-20-10-9-18(15-21(20)26-23)24-22(29)17-11-13-28(14-12-17)19-7-5-4-6-8-19/h4-10,15-17H,11-14H2,1-3H3,(H,24,29)(H,25,26). The van der Waals surface area contributed by atoms with Crippen LogP contribution in [0.15, 0.2) is 48.5 Å². The van der Waals surface area contributed by atoms with Gasteiger partial charge in [-0.3, -0.25) is 4.79 Å². The van der Waals surface area contributed by atoms with Gasteiger partial charge >= 0.3 is 0 Å². The molecule has 1 amide bonds. The van der Waals surface area contributed by atoms with E-state index in [9.17, 15) is 4.79 Å². The fraction of sp³-hybridized carbons (Fsp3) is 0.391. The van der Waals surface area contributed by atoms with Crippen LogP contribution in [0.4, 0.5) is 17.3 Å². The van der Waals surface area contributed by atoms with E-state index in [4.69, 9.17) is 0 Å². The van der Waals surface area contributed by atoms with Crippen LogP contribution in [-0.4, -0.2) is 42.1 Å². The van der Waals surface area contributed by atoms with Crippen molar-refractivity contribution in [3.8, 4) is 0 Å². The number of benzene rings is 2. The summed E-state index contributed by atoms with van der Waals surface area (Å²) < 4.78 is 0. The molecule has 3 aromatic rings. The molecule has 1 fully saturated rings. The van der Waals surface area contributed by atoms with Gasteiger partial charge in [-0.15, -0.1) is 0 Å². The third kappa shape index (κ3) is 4.21. The molecule has 0 unspecified atom stereocenters. The number of amides is 1. The number of aromatic nitrogens is 2. The van der Waals surface area contributed by atoms with Gasteiger partial charge in [0.2, 0.25) is 11.9 Å². The molecule has 1 aliphatic rings. The van der Waals surface area contributed by atoms with Gasteiger partial charge in [0.1, 0.15) is 0 Å². The van der Waals surface area contributed by atoms with E-state index in [2.05, 4.69) is 63.2 Å². The molecule has 6 nitrogen and oxygen atoms in total. The van der Waals surface area contributed by atoms with Crippen LogP contribution in [0.2, 0.25) is 0 Å². The Hall–Kier alpha value is -3.02. The summed E-state index contributed by atoms with van der Waals surface area (Å²) in [7, 11) is 2.02. The zero-order chi connectivity index (χ0) is 20.4. The first-order chi connectivity index (χ1) is 14.0. The van der Waals surface area contributed by atoms with Crippen molar-refractivity contribution >= 4 is 34.3 Å². The average molecular weight is 392 g/mol. The Kier molecular flexibility index (Phi) is 5.43. The second kappa shape index (κ2) is 8.15. The number of carbonyl (C=O) groups excluding carboxylic acids is 1. The summed E-state index contributed by atoms with van der Waals surface area (Å²) in [4.78, 5) is 25.2. The third-order valence-electron chi connectivity index (χ3n) is 5.83. The number of nitrogens with one attached hydrogen (secondary N) is 2. The summed E-state index contributed by atoms with van der Waals surface area (Å²) in [5.41, 5.74) is 3.89. The summed E-state index contributed by atoms with van der Waals surface area (Å²) in [5, 5.41) is 3.10. The van der Waals surface area contributed by atoms with Crippen LogP contribution in [0.3, 0.4) is 0 Å². The zero-order valence-electron chi connectivity index (χ0n) is 17.4. The van der Waals surface area contributed by atoms with Crippen LogP contribution in [-0.2, 0) is 4.79 Å². The molecule has 0 bridgehead atoms. The number of hydrogen-bond acceptors (Lipinski definition) is 4. The number of anilines is 3. The van der Waals surface area contributed by atoms with Gasteiger partial charge in [0.05, 0.1) is 11.0 Å². The van der Waals surface area contributed by atoms with E-state index in [-0.39, 0.29) is 11.8 Å². The predicted octanol–water partition coefficient (Wildman–Crippen LogP) is 4.26. The minimum Gasteiger partial charge on any atom is -0.371 e. The van der Waals surface area contributed by atoms with Crippen LogP contribution in [0, 0.1) is 5.92 Å². The van der Waals surface area contributed by atoms with Crippen molar-refractivity contribution in [3.63, 3.8) is 0 Å². The van der Waals surface area contributed by atoms with Gasteiger partial charge in [0, 0.05) is 43.5 Å². The van der Waals surface area contributed by atoms with Crippen molar-refractivity contribution < 1.29 is 4.79 Å². The molecule has 0 saturated carbocycles. The molecule has 2 aromatic carbocycles. The van der Waals surface area contributed by atoms with Crippen molar-refractivity contribution in [1.82, 2.24) is 9.97 Å². The lowest BCUT2D eigenvalue weighted by atomic mass is 9.95. The molecule has 0 aliphatic carbocycles. The van der Waals surface area contributed by atoms with E-state index in [0.717, 1.165) is 48.6 Å². The fourth-order valence-corrected chi connectivity index (χ4v) is 3.77. The number of aromatic amines is 1. The van der Waals surface area contributed by atoms with E-state index in [0.29, 0.717) is 6.04 Å². The molecule has 6 heteroatoms. The molecule has 0 atom stereocenters. The first kappa shape index (κ1) is 19.3. The van der Waals surface area contributed by atoms with Gasteiger partial charge in [0.25, 0.3) is 0 Å². The third-order valence-corrected chi connectivity index (χ3v) is 5.83. The van der Waals surface area contributed by atoms with Gasteiger partial charge in [-0.2, -0.15) is 0 Å². The summed E-state index contributed by atoms with van der Waals surface area (Å²) in [6.07, 6.45) is 1.74. The Morgan fingerprint density at radius 1 is 1.17 bits per heavy atom. The van der Waals surface area contributed by atoms with Gasteiger partial charge in [-0.05, 0) is 57.0 Å². The topological polar surface area (TPSA) is 64.3 Å². The Bertz CT molecular complexity index is 973. The lowest BCUT2D eigenvalue weighted by Gasteiger charge is -2.33. The number of rotatable bonds is 5. The highest BCUT2D eigenvalue weighted by molar-refractivity contribution is 5.94. The van der Waals surface area contributed by atoms with Gasteiger partial charge in [-0.1, -0.05) is 18.2 Å². The maximum Gasteiger partial charge on any atom is 0.227 e. The van der Waals surface area contributed by atoms with E-state index in [1.54, 1.807) is 0 Å². The predicted molar refractivity (Wildman–Crippen MR) is 120 cm³/mol. The van der Waals surface area contributed by atoms with Crippen LogP contribution < -0.4 is 15.1 Å². The van der Waals surface area contributed by atoms with Crippen molar-refractivity contribution in [2.24, 2.45) is 5.92 Å². The normalized spacial score (nSPS) is 15.1. The van der Waals surface area contributed by atoms with E-state index < -0.39 is 0 Å². The average Bonchev–Trinajstić information content (AvgIpc) is 3.17. The quantitative estimate of drug-likeness (QED) is 0.682. The SMILES string of the molecule is CC(C)N(C)c1nc2ccc(NC(=O)C3CCN(c4ccccc4)CC3)cc2[nH]1. The molecule has 29 heavy (non-hydrogen) atoms. The molecular weight excluding hydrogens is 362 g/mol. The number of piperidine rings is 1. The summed E-state index contributed by atoms with van der Waals surface area (Å²) in [5.74, 6) is 0.998. The highest BCUT2D eigenvalue weighted by Gasteiger charge is 2.25. The first-order valence-corrected chi connectivity index (χ1v) is 10.3. The summed E-state index contributed by atoms with van der Waals surface area (Å²) in [6, 6.07) is 16.6. The number of imidazole rings is 1. The van der Waals surface area contributed by atoms with Crippen LogP contribution in [0.1, 0.15) is 26.7 Å². The second-order valence-electron chi connectivity index (χ2n) is 8.08. The maximum absolute atomic E-state index is 12.8. The Balaban J connectivity index is 1.39. The molecule has 0 radical (unpaired) electrons. The number of hydrogen-bond donors (Lipinski definition) is 2. The smallest absolute Gasteiger partial charge is 0.227 e. The number of nitrogens with zero attached hydrogens (tertiary/aromatic N) is 3. The number of H-pyrrole nitrogens is 1.